The highest BCUT2D eigenvalue weighted by Gasteiger charge is 2.34. The first-order chi connectivity index (χ1) is 15.1. The number of benzene rings is 2. The molecule has 1 saturated heterocycles. The van der Waals surface area contributed by atoms with Gasteiger partial charge in [-0.1, -0.05) is 35.9 Å². The lowest BCUT2D eigenvalue weighted by Gasteiger charge is -2.38. The third-order valence-corrected chi connectivity index (χ3v) is 6.60. The van der Waals surface area contributed by atoms with E-state index < -0.39 is 0 Å². The van der Waals surface area contributed by atoms with Crippen LogP contribution in [0, 0.1) is 0 Å². The number of rotatable bonds is 5. The minimum Gasteiger partial charge on any atom is -0.381 e. The smallest absolute Gasteiger partial charge is 0.262 e. The number of aryl methyl sites for hydroxylation is 1. The lowest BCUT2D eigenvalue weighted by Crippen LogP contribution is -2.42. The normalized spacial score (nSPS) is 16.2. The van der Waals surface area contributed by atoms with Crippen LogP contribution in [0.15, 0.2) is 53.3 Å². The molecule has 1 N–H and O–H groups in total. The molecule has 0 amide bonds. The van der Waals surface area contributed by atoms with Gasteiger partial charge in [0.2, 0.25) is 5.78 Å². The van der Waals surface area contributed by atoms with Gasteiger partial charge in [-0.25, -0.2) is 0 Å². The van der Waals surface area contributed by atoms with Crippen molar-refractivity contribution < 1.29 is 4.74 Å². The van der Waals surface area contributed by atoms with Crippen molar-refractivity contribution in [1.82, 2.24) is 24.5 Å². The third kappa shape index (κ3) is 3.52. The highest BCUT2D eigenvalue weighted by molar-refractivity contribution is 6.30. The van der Waals surface area contributed by atoms with Gasteiger partial charge in [0, 0.05) is 37.2 Å². The summed E-state index contributed by atoms with van der Waals surface area (Å²) in [5, 5.41) is 13.7. The first-order valence-corrected chi connectivity index (χ1v) is 10.8. The molecule has 5 rings (SSSR count). The van der Waals surface area contributed by atoms with Crippen molar-refractivity contribution in [2.24, 2.45) is 7.05 Å². The monoisotopic (exact) mass is 437 g/mol. The van der Waals surface area contributed by atoms with E-state index in [2.05, 4.69) is 27.6 Å². The fourth-order valence-electron chi connectivity index (χ4n) is 4.55. The molecule has 1 aliphatic rings. The molecule has 3 heterocycles. The van der Waals surface area contributed by atoms with Gasteiger partial charge in [0.25, 0.3) is 5.56 Å². The minimum atomic E-state index is -0.0705. The Labute approximate surface area is 184 Å². The topological polar surface area (TPSA) is 73.5 Å². The van der Waals surface area contributed by atoms with E-state index in [4.69, 9.17) is 16.3 Å². The van der Waals surface area contributed by atoms with Crippen LogP contribution in [0.4, 0.5) is 0 Å². The number of ether oxygens (including phenoxy) is 1. The predicted octanol–water partition coefficient (Wildman–Crippen LogP) is 3.07. The average Bonchev–Trinajstić information content (AvgIpc) is 3.23. The number of hydrogen-bond donors (Lipinski definition) is 1. The van der Waals surface area contributed by atoms with Crippen LogP contribution in [0.3, 0.4) is 0 Å². The van der Waals surface area contributed by atoms with Crippen LogP contribution in [0.25, 0.3) is 16.7 Å². The Kier molecular flexibility index (Phi) is 5.25. The molecule has 7 nitrogen and oxygen atoms in total. The molecule has 1 fully saturated rings. The Bertz CT molecular complexity index is 1290. The van der Waals surface area contributed by atoms with Gasteiger partial charge in [-0.2, -0.15) is 0 Å². The Hall–Kier alpha value is -2.74. The zero-order valence-corrected chi connectivity index (χ0v) is 18.1. The summed E-state index contributed by atoms with van der Waals surface area (Å²) in [5.41, 5.74) is 2.00. The quantitative estimate of drug-likeness (QED) is 0.519. The molecule has 160 valence electrons. The lowest BCUT2D eigenvalue weighted by molar-refractivity contribution is 0.0497. The number of nitrogens with zero attached hydrogens (tertiary/aromatic N) is 4. The van der Waals surface area contributed by atoms with Crippen molar-refractivity contribution in [2.75, 3.05) is 19.8 Å². The summed E-state index contributed by atoms with van der Waals surface area (Å²) >= 11 is 6.11. The second-order valence-corrected chi connectivity index (χ2v) is 8.57. The van der Waals surface area contributed by atoms with Crippen LogP contribution in [0.1, 0.15) is 24.2 Å². The van der Waals surface area contributed by atoms with Gasteiger partial charge in [0.1, 0.15) is 0 Å². The van der Waals surface area contributed by atoms with Crippen molar-refractivity contribution in [2.45, 2.75) is 24.8 Å². The van der Waals surface area contributed by atoms with Crippen molar-refractivity contribution in [3.63, 3.8) is 0 Å². The number of nitrogens with one attached hydrogen (secondary N) is 1. The molecule has 0 bridgehead atoms. The molecule has 0 saturated carbocycles. The van der Waals surface area contributed by atoms with Gasteiger partial charge in [0.15, 0.2) is 5.82 Å². The summed E-state index contributed by atoms with van der Waals surface area (Å²) in [6, 6.07) is 15.7. The highest BCUT2D eigenvalue weighted by Crippen LogP contribution is 2.35. The molecule has 4 aromatic rings. The van der Waals surface area contributed by atoms with Crippen molar-refractivity contribution in [3.05, 3.63) is 75.3 Å². The van der Waals surface area contributed by atoms with Gasteiger partial charge < -0.3 is 10.1 Å². The van der Waals surface area contributed by atoms with Gasteiger partial charge in [-0.15, -0.1) is 10.2 Å². The largest absolute Gasteiger partial charge is 0.381 e. The van der Waals surface area contributed by atoms with E-state index in [-0.39, 0.29) is 11.0 Å². The van der Waals surface area contributed by atoms with E-state index in [0.29, 0.717) is 17.7 Å². The second kappa shape index (κ2) is 8.07. The zero-order chi connectivity index (χ0) is 21.4. The summed E-state index contributed by atoms with van der Waals surface area (Å²) < 4.78 is 9.15. The first-order valence-electron chi connectivity index (χ1n) is 10.5. The first kappa shape index (κ1) is 20.2. The molecular weight excluding hydrogens is 414 g/mol. The van der Waals surface area contributed by atoms with Crippen LogP contribution >= 0.6 is 11.6 Å². The maximum atomic E-state index is 12.6. The Morgan fingerprint density at radius 1 is 1.10 bits per heavy atom. The minimum absolute atomic E-state index is 0.0156. The number of aromatic nitrogens is 4. The molecule has 0 aliphatic carbocycles. The molecule has 8 heteroatoms. The van der Waals surface area contributed by atoms with Crippen LogP contribution < -0.4 is 10.9 Å². The van der Waals surface area contributed by atoms with Crippen molar-refractivity contribution >= 4 is 28.3 Å². The van der Waals surface area contributed by atoms with Crippen LogP contribution in [-0.4, -0.2) is 38.9 Å². The highest BCUT2D eigenvalue weighted by atomic mass is 35.5. The van der Waals surface area contributed by atoms with Crippen LogP contribution in [0.2, 0.25) is 5.02 Å². The van der Waals surface area contributed by atoms with E-state index >= 15 is 0 Å². The summed E-state index contributed by atoms with van der Waals surface area (Å²) in [4.78, 5) is 12.6. The molecule has 0 atom stereocenters. The molecule has 2 aromatic carbocycles. The summed E-state index contributed by atoms with van der Waals surface area (Å²) in [6.45, 7) is 2.81. The number of fused-ring (bicyclic) bond motifs is 3. The molecule has 0 radical (unpaired) electrons. The Morgan fingerprint density at radius 2 is 1.84 bits per heavy atom. The summed E-state index contributed by atoms with van der Waals surface area (Å²) in [6.07, 6.45) is 1.89. The second-order valence-electron chi connectivity index (χ2n) is 8.14. The molecule has 1 aliphatic heterocycles. The molecule has 31 heavy (non-hydrogen) atoms. The Balaban J connectivity index is 1.45. The zero-order valence-electron chi connectivity index (χ0n) is 17.3. The Morgan fingerprint density at radius 3 is 2.61 bits per heavy atom. The number of hydrogen-bond acceptors (Lipinski definition) is 5. The molecule has 0 unspecified atom stereocenters. The molecule has 0 spiro atoms. The van der Waals surface area contributed by atoms with Crippen molar-refractivity contribution in [1.29, 1.82) is 0 Å². The maximum absolute atomic E-state index is 12.6. The molecule has 2 aromatic heterocycles. The van der Waals surface area contributed by atoms with E-state index in [1.54, 1.807) is 11.6 Å². The van der Waals surface area contributed by atoms with E-state index in [0.717, 1.165) is 49.0 Å². The van der Waals surface area contributed by atoms with Crippen molar-refractivity contribution in [3.8, 4) is 0 Å². The predicted molar refractivity (Wildman–Crippen MR) is 121 cm³/mol. The summed E-state index contributed by atoms with van der Waals surface area (Å²) in [7, 11) is 1.73. The average molecular weight is 438 g/mol. The number of para-hydroxylation sites is 1. The fourth-order valence-corrected chi connectivity index (χ4v) is 4.68. The molecular formula is C23H24ClN5O2. The van der Waals surface area contributed by atoms with E-state index in [9.17, 15) is 4.79 Å². The van der Waals surface area contributed by atoms with Gasteiger partial charge in [-0.3, -0.25) is 13.8 Å². The third-order valence-electron chi connectivity index (χ3n) is 6.35. The summed E-state index contributed by atoms with van der Waals surface area (Å²) in [5.74, 6) is 1.32. The van der Waals surface area contributed by atoms with E-state index in [1.807, 2.05) is 40.8 Å². The van der Waals surface area contributed by atoms with Crippen LogP contribution in [-0.2, 0) is 23.7 Å². The number of halogens is 1. The van der Waals surface area contributed by atoms with Gasteiger partial charge in [0.05, 0.1) is 17.4 Å². The SMILES string of the molecule is Cn1c(=O)c2ccccc2n2c(CNCC3(c4ccc(Cl)cc4)CCOCC3)nnc12. The van der Waals surface area contributed by atoms with Gasteiger partial charge in [-0.05, 0) is 42.7 Å². The fraction of sp³-hybridized carbons (Fsp3) is 0.348. The van der Waals surface area contributed by atoms with Crippen LogP contribution in [0.5, 0.6) is 0 Å². The maximum Gasteiger partial charge on any atom is 0.262 e. The van der Waals surface area contributed by atoms with Gasteiger partial charge >= 0.3 is 0 Å². The standard InChI is InChI=1S/C23H24ClN5O2/c1-28-21(30)18-4-2-3-5-19(18)29-20(26-27-22(28)29)14-25-15-23(10-12-31-13-11-23)16-6-8-17(24)9-7-16/h2-9,25H,10-15H2,1H3. The van der Waals surface area contributed by atoms with E-state index in [1.165, 1.54) is 5.56 Å². The lowest BCUT2D eigenvalue weighted by atomic mass is 9.74.